The Kier molecular flexibility index (Phi) is 5.35. The molecule has 0 aliphatic heterocycles. The van der Waals surface area contributed by atoms with Crippen molar-refractivity contribution in [1.29, 1.82) is 0 Å². The summed E-state index contributed by atoms with van der Waals surface area (Å²) in [5.74, 6) is 0. The van der Waals surface area contributed by atoms with Crippen LogP contribution in [-0.4, -0.2) is 36.4 Å². The summed E-state index contributed by atoms with van der Waals surface area (Å²) in [6.45, 7) is 0.282. The zero-order valence-corrected chi connectivity index (χ0v) is 6.61. The van der Waals surface area contributed by atoms with E-state index in [9.17, 15) is 0 Å². The molecule has 68 valence electrons. The molecule has 5 heteroatoms. The molecule has 0 saturated carbocycles. The summed E-state index contributed by atoms with van der Waals surface area (Å²) in [6, 6.07) is -0.739. The van der Waals surface area contributed by atoms with Gasteiger partial charge in [-0.2, -0.15) is 0 Å². The highest BCUT2D eigenvalue weighted by molar-refractivity contribution is 4.80. The Labute approximate surface area is 66.7 Å². The molecule has 3 atom stereocenters. The largest absolute Gasteiger partial charge is 0.395 e. The predicted octanol–water partition coefficient (Wildman–Crippen LogP) is -2.69. The Hall–Kier alpha value is -0.200. The van der Waals surface area contributed by atoms with Crippen molar-refractivity contribution in [2.45, 2.75) is 24.5 Å². The summed E-state index contributed by atoms with van der Waals surface area (Å²) in [4.78, 5) is 0. The van der Waals surface area contributed by atoms with Crippen molar-refractivity contribution in [3.05, 3.63) is 0 Å². The smallest absolute Gasteiger partial charge is 0.0583 e. The van der Waals surface area contributed by atoms with Gasteiger partial charge in [-0.25, -0.2) is 0 Å². The number of rotatable bonds is 5. The van der Waals surface area contributed by atoms with Gasteiger partial charge in [0.2, 0.25) is 0 Å². The lowest BCUT2D eigenvalue weighted by molar-refractivity contribution is 0.250. The lowest BCUT2D eigenvalue weighted by Gasteiger charge is -2.20. The third-order valence-corrected chi connectivity index (χ3v) is 1.63. The fourth-order valence-electron chi connectivity index (χ4n) is 0.774. The van der Waals surface area contributed by atoms with Crippen LogP contribution in [0.5, 0.6) is 0 Å². The van der Waals surface area contributed by atoms with Crippen molar-refractivity contribution < 1.29 is 5.11 Å². The average molecular weight is 162 g/mol. The van der Waals surface area contributed by atoms with Gasteiger partial charge < -0.3 is 28.0 Å². The third kappa shape index (κ3) is 4.28. The van der Waals surface area contributed by atoms with E-state index in [1.807, 2.05) is 0 Å². The first-order valence-electron chi connectivity index (χ1n) is 3.69. The minimum atomic E-state index is -0.289. The monoisotopic (exact) mass is 162 g/mol. The minimum Gasteiger partial charge on any atom is -0.395 e. The topological polar surface area (TPSA) is 124 Å². The zero-order valence-electron chi connectivity index (χ0n) is 6.61. The van der Waals surface area contributed by atoms with Crippen LogP contribution < -0.4 is 22.9 Å². The summed E-state index contributed by atoms with van der Waals surface area (Å²) >= 11 is 0. The molecule has 11 heavy (non-hydrogen) atoms. The van der Waals surface area contributed by atoms with E-state index < -0.39 is 0 Å². The quantitative estimate of drug-likeness (QED) is 0.301. The van der Waals surface area contributed by atoms with Gasteiger partial charge in [0.25, 0.3) is 0 Å². The summed E-state index contributed by atoms with van der Waals surface area (Å²) in [5.41, 5.74) is 21.9. The van der Waals surface area contributed by atoms with Crippen LogP contribution in [0.3, 0.4) is 0 Å². The van der Waals surface area contributed by atoms with Gasteiger partial charge in [-0.05, 0) is 6.42 Å². The second kappa shape index (κ2) is 5.45. The van der Waals surface area contributed by atoms with E-state index in [1.165, 1.54) is 0 Å². The molecule has 0 fully saturated rings. The first kappa shape index (κ1) is 10.8. The van der Waals surface area contributed by atoms with Gasteiger partial charge in [0.05, 0.1) is 6.61 Å². The number of nitrogens with two attached hydrogens (primary N) is 4. The predicted molar refractivity (Wildman–Crippen MR) is 44.7 cm³/mol. The minimum absolute atomic E-state index is 0.0645. The van der Waals surface area contributed by atoms with E-state index in [2.05, 4.69) is 0 Å². The van der Waals surface area contributed by atoms with Crippen molar-refractivity contribution in [2.75, 3.05) is 13.2 Å². The fourth-order valence-corrected chi connectivity index (χ4v) is 0.774. The van der Waals surface area contributed by atoms with Crippen LogP contribution in [0.1, 0.15) is 6.42 Å². The van der Waals surface area contributed by atoms with E-state index in [0.717, 1.165) is 0 Å². The Morgan fingerprint density at radius 2 is 1.64 bits per heavy atom. The lowest BCUT2D eigenvalue weighted by Crippen LogP contribution is -2.49. The third-order valence-electron chi connectivity index (χ3n) is 1.63. The summed E-state index contributed by atoms with van der Waals surface area (Å²) in [7, 11) is 0. The molecule has 5 nitrogen and oxygen atoms in total. The molecule has 0 amide bonds. The molecule has 0 radical (unpaired) electrons. The molecular formula is C6H18N4O. The molecule has 0 rings (SSSR count). The van der Waals surface area contributed by atoms with E-state index >= 15 is 0 Å². The zero-order chi connectivity index (χ0) is 8.85. The number of hydrogen-bond acceptors (Lipinski definition) is 5. The van der Waals surface area contributed by atoms with Crippen molar-refractivity contribution >= 4 is 0 Å². The van der Waals surface area contributed by atoms with Gasteiger partial charge in [0.1, 0.15) is 0 Å². The highest BCUT2D eigenvalue weighted by Gasteiger charge is 2.14. The van der Waals surface area contributed by atoms with Crippen LogP contribution in [0, 0.1) is 0 Å². The molecule has 0 aliphatic carbocycles. The molecule has 0 aromatic carbocycles. The Morgan fingerprint density at radius 1 is 1.09 bits per heavy atom. The van der Waals surface area contributed by atoms with E-state index in [1.54, 1.807) is 0 Å². The van der Waals surface area contributed by atoms with Crippen LogP contribution in [-0.2, 0) is 0 Å². The van der Waals surface area contributed by atoms with Crippen LogP contribution >= 0.6 is 0 Å². The molecule has 0 spiro atoms. The van der Waals surface area contributed by atoms with E-state index in [4.69, 9.17) is 28.0 Å². The Bertz CT molecular complexity index is 101. The normalized spacial score (nSPS) is 19.4. The molecule has 9 N–H and O–H groups in total. The number of aliphatic hydroxyl groups excluding tert-OH is 1. The molecule has 0 aromatic heterocycles. The second-order valence-corrected chi connectivity index (χ2v) is 2.74. The SMILES string of the molecule is NCC(N)C(N)CC(N)CO. The molecule has 0 aliphatic rings. The molecule has 3 unspecified atom stereocenters. The van der Waals surface area contributed by atoms with Gasteiger partial charge in [0.15, 0.2) is 0 Å². The first-order chi connectivity index (χ1) is 5.11. The highest BCUT2D eigenvalue weighted by Crippen LogP contribution is 1.95. The van der Waals surface area contributed by atoms with Crippen molar-refractivity contribution in [3.8, 4) is 0 Å². The van der Waals surface area contributed by atoms with Crippen LogP contribution in [0.25, 0.3) is 0 Å². The fraction of sp³-hybridized carbons (Fsp3) is 1.00. The maximum Gasteiger partial charge on any atom is 0.0583 e. The molecule has 0 saturated heterocycles. The van der Waals surface area contributed by atoms with Gasteiger partial charge in [0, 0.05) is 24.7 Å². The van der Waals surface area contributed by atoms with Crippen LogP contribution in [0.4, 0.5) is 0 Å². The van der Waals surface area contributed by atoms with Crippen molar-refractivity contribution in [3.63, 3.8) is 0 Å². The standard InChI is InChI=1S/C6H18N4O/c7-2-6(10)5(9)1-4(8)3-11/h4-6,11H,1-3,7-10H2. The van der Waals surface area contributed by atoms with Crippen LogP contribution in [0.15, 0.2) is 0 Å². The van der Waals surface area contributed by atoms with Gasteiger partial charge in [-0.15, -0.1) is 0 Å². The van der Waals surface area contributed by atoms with E-state index in [-0.39, 0.29) is 24.7 Å². The first-order valence-corrected chi connectivity index (χ1v) is 3.69. The van der Waals surface area contributed by atoms with Crippen molar-refractivity contribution in [1.82, 2.24) is 0 Å². The summed E-state index contributed by atoms with van der Waals surface area (Å²) in [5, 5.41) is 8.59. The van der Waals surface area contributed by atoms with Gasteiger partial charge in [-0.3, -0.25) is 0 Å². The maximum atomic E-state index is 8.59. The number of hydrogen-bond donors (Lipinski definition) is 5. The molecular weight excluding hydrogens is 144 g/mol. The summed E-state index contributed by atoms with van der Waals surface area (Å²) < 4.78 is 0. The number of aliphatic hydroxyl groups is 1. The highest BCUT2D eigenvalue weighted by atomic mass is 16.3. The van der Waals surface area contributed by atoms with Gasteiger partial charge in [-0.1, -0.05) is 0 Å². The molecule has 0 bridgehead atoms. The Balaban J connectivity index is 3.58. The summed E-state index contributed by atoms with van der Waals surface area (Å²) in [6.07, 6.45) is 0.509. The molecule has 0 aromatic rings. The Morgan fingerprint density at radius 3 is 2.00 bits per heavy atom. The molecule has 0 heterocycles. The van der Waals surface area contributed by atoms with E-state index in [0.29, 0.717) is 13.0 Å². The second-order valence-electron chi connectivity index (χ2n) is 2.74. The van der Waals surface area contributed by atoms with Crippen LogP contribution in [0.2, 0.25) is 0 Å². The maximum absolute atomic E-state index is 8.59. The average Bonchev–Trinajstić information content (AvgIpc) is 2.02. The lowest BCUT2D eigenvalue weighted by atomic mass is 10.0. The van der Waals surface area contributed by atoms with Gasteiger partial charge >= 0.3 is 0 Å². The van der Waals surface area contributed by atoms with Crippen molar-refractivity contribution in [2.24, 2.45) is 22.9 Å².